The molecular formula is C7H3F4IN2O3. The van der Waals surface area contributed by atoms with E-state index >= 15 is 0 Å². The maximum absolute atomic E-state index is 12.4. The van der Waals surface area contributed by atoms with Crippen LogP contribution in [-0.4, -0.2) is 16.3 Å². The summed E-state index contributed by atoms with van der Waals surface area (Å²) >= 11 is 1.25. The lowest BCUT2D eigenvalue weighted by Gasteiger charge is -2.12. The third-order valence-electron chi connectivity index (χ3n) is 1.56. The van der Waals surface area contributed by atoms with Crippen LogP contribution < -0.4 is 4.74 Å². The first-order valence-electron chi connectivity index (χ1n) is 3.89. The molecule has 0 atom stereocenters. The van der Waals surface area contributed by atoms with Crippen molar-refractivity contribution in [1.82, 2.24) is 4.98 Å². The van der Waals surface area contributed by atoms with Crippen LogP contribution in [0.3, 0.4) is 0 Å². The van der Waals surface area contributed by atoms with Gasteiger partial charge in [0.1, 0.15) is 12.9 Å². The Kier molecular flexibility index (Phi) is 4.06. The van der Waals surface area contributed by atoms with Crippen molar-refractivity contribution in [1.29, 1.82) is 0 Å². The van der Waals surface area contributed by atoms with Gasteiger partial charge in [-0.1, -0.05) is 0 Å². The lowest BCUT2D eigenvalue weighted by molar-refractivity contribution is -0.390. The lowest BCUT2D eigenvalue weighted by Crippen LogP contribution is -2.19. The Labute approximate surface area is 105 Å². The minimum Gasteiger partial charge on any atom is -0.404 e. The van der Waals surface area contributed by atoms with E-state index in [1.54, 1.807) is 0 Å². The van der Waals surface area contributed by atoms with E-state index in [0.29, 0.717) is 6.20 Å². The molecule has 0 amide bonds. The van der Waals surface area contributed by atoms with Crippen LogP contribution in [0.25, 0.3) is 0 Å². The van der Waals surface area contributed by atoms with Gasteiger partial charge in [-0.2, -0.15) is 0 Å². The van der Waals surface area contributed by atoms with Gasteiger partial charge in [0, 0.05) is 0 Å². The fourth-order valence-corrected chi connectivity index (χ4v) is 1.74. The first-order chi connectivity index (χ1) is 7.76. The third kappa shape index (κ3) is 3.38. The molecule has 1 heterocycles. The summed E-state index contributed by atoms with van der Waals surface area (Å²) in [6.45, 7) is -1.27. The van der Waals surface area contributed by atoms with E-state index in [2.05, 4.69) is 9.72 Å². The van der Waals surface area contributed by atoms with Crippen molar-refractivity contribution in [2.24, 2.45) is 0 Å². The second kappa shape index (κ2) is 4.98. The van der Waals surface area contributed by atoms with Gasteiger partial charge in [0.05, 0.1) is 5.56 Å². The molecule has 1 aromatic rings. The van der Waals surface area contributed by atoms with Gasteiger partial charge in [-0.3, -0.25) is 0 Å². The number of hydrogen-bond acceptors (Lipinski definition) is 4. The van der Waals surface area contributed by atoms with Crippen LogP contribution in [0.2, 0.25) is 0 Å². The highest BCUT2D eigenvalue weighted by atomic mass is 127. The molecule has 0 aliphatic rings. The van der Waals surface area contributed by atoms with Gasteiger partial charge in [-0.15, -0.1) is 13.2 Å². The number of alkyl halides is 4. The number of rotatable bonds is 3. The first-order valence-corrected chi connectivity index (χ1v) is 4.97. The maximum Gasteiger partial charge on any atom is 0.573 e. The summed E-state index contributed by atoms with van der Waals surface area (Å²) in [7, 11) is 0. The van der Waals surface area contributed by atoms with Gasteiger partial charge in [-0.05, 0) is 32.5 Å². The highest BCUT2D eigenvalue weighted by molar-refractivity contribution is 14.1. The number of ether oxygens (including phenoxy) is 1. The van der Waals surface area contributed by atoms with E-state index in [0.717, 1.165) is 0 Å². The highest BCUT2D eigenvalue weighted by Crippen LogP contribution is 2.35. The molecule has 0 N–H and O–H groups in total. The van der Waals surface area contributed by atoms with Crippen LogP contribution >= 0.6 is 22.6 Å². The second-order valence-corrected chi connectivity index (χ2v) is 3.77. The number of nitro groups is 1. The number of nitrogens with zero attached hydrogens (tertiary/aromatic N) is 2. The third-order valence-corrected chi connectivity index (χ3v) is 2.54. The van der Waals surface area contributed by atoms with Gasteiger partial charge in [0.2, 0.25) is 0 Å². The standard InChI is InChI=1S/C7H3F4IN2O3/c8-1-3-2-13-6(14(15)16)4(12)5(3)17-7(9,10)11/h2H,1H2. The largest absolute Gasteiger partial charge is 0.573 e. The van der Waals surface area contributed by atoms with Crippen molar-refractivity contribution < 1.29 is 27.2 Å². The van der Waals surface area contributed by atoms with E-state index in [-0.39, 0.29) is 0 Å². The Hall–Kier alpha value is -1.20. The van der Waals surface area contributed by atoms with E-state index in [9.17, 15) is 27.7 Å². The van der Waals surface area contributed by atoms with Crippen LogP contribution in [-0.2, 0) is 6.67 Å². The molecular weight excluding hydrogens is 363 g/mol. The average Bonchev–Trinajstić information content (AvgIpc) is 2.18. The quantitative estimate of drug-likeness (QED) is 0.357. The molecule has 1 aromatic heterocycles. The highest BCUT2D eigenvalue weighted by Gasteiger charge is 2.35. The second-order valence-electron chi connectivity index (χ2n) is 2.69. The smallest absolute Gasteiger partial charge is 0.404 e. The molecule has 0 spiro atoms. The van der Waals surface area contributed by atoms with Crippen molar-refractivity contribution in [3.8, 4) is 5.75 Å². The molecule has 0 bridgehead atoms. The molecule has 1 rings (SSSR count). The summed E-state index contributed by atoms with van der Waals surface area (Å²) in [5, 5.41) is 10.4. The van der Waals surface area contributed by atoms with Crippen LogP contribution in [0.5, 0.6) is 5.75 Å². The maximum atomic E-state index is 12.4. The summed E-state index contributed by atoms with van der Waals surface area (Å²) < 4.78 is 51.6. The molecule has 0 saturated carbocycles. The Balaban J connectivity index is 3.32. The predicted octanol–water partition coefficient (Wildman–Crippen LogP) is 2.96. The van der Waals surface area contributed by atoms with Crippen LogP contribution in [0, 0.1) is 13.7 Å². The molecule has 0 aliphatic carbocycles. The SMILES string of the molecule is O=[N+]([O-])c1ncc(CF)c(OC(F)(F)F)c1I. The molecule has 0 saturated heterocycles. The number of pyridine rings is 1. The zero-order valence-corrected chi connectivity index (χ0v) is 9.95. The Morgan fingerprint density at radius 2 is 2.12 bits per heavy atom. The van der Waals surface area contributed by atoms with E-state index < -0.39 is 38.7 Å². The van der Waals surface area contributed by atoms with Crippen molar-refractivity contribution in [2.75, 3.05) is 0 Å². The molecule has 0 radical (unpaired) electrons. The average molecular weight is 366 g/mol. The van der Waals surface area contributed by atoms with Crippen molar-refractivity contribution in [3.05, 3.63) is 25.4 Å². The van der Waals surface area contributed by atoms with Crippen molar-refractivity contribution in [2.45, 2.75) is 13.0 Å². The first kappa shape index (κ1) is 13.9. The molecule has 10 heteroatoms. The zero-order chi connectivity index (χ0) is 13.2. The van der Waals surface area contributed by atoms with Crippen LogP contribution in [0.15, 0.2) is 6.20 Å². The molecule has 5 nitrogen and oxygen atoms in total. The molecule has 0 aliphatic heterocycles. The predicted molar refractivity (Wildman–Crippen MR) is 55.1 cm³/mol. The normalized spacial score (nSPS) is 11.4. The fourth-order valence-electron chi connectivity index (χ4n) is 0.945. The summed E-state index contributed by atoms with van der Waals surface area (Å²) in [5.74, 6) is -1.75. The Bertz CT molecular complexity index is 451. The summed E-state index contributed by atoms with van der Waals surface area (Å²) in [6, 6.07) is 0. The molecule has 94 valence electrons. The van der Waals surface area contributed by atoms with Crippen LogP contribution in [0.1, 0.15) is 5.56 Å². The lowest BCUT2D eigenvalue weighted by atomic mass is 10.3. The fraction of sp³-hybridized carbons (Fsp3) is 0.286. The van der Waals surface area contributed by atoms with Crippen molar-refractivity contribution in [3.63, 3.8) is 0 Å². The van der Waals surface area contributed by atoms with Gasteiger partial charge in [-0.25, -0.2) is 4.39 Å². The minimum atomic E-state index is -5.06. The topological polar surface area (TPSA) is 65.3 Å². The Morgan fingerprint density at radius 3 is 2.53 bits per heavy atom. The molecule has 0 fully saturated rings. The molecule has 17 heavy (non-hydrogen) atoms. The van der Waals surface area contributed by atoms with Crippen molar-refractivity contribution >= 4 is 28.4 Å². The summed E-state index contributed by atoms with van der Waals surface area (Å²) in [6.07, 6.45) is -4.42. The summed E-state index contributed by atoms with van der Waals surface area (Å²) in [5.41, 5.74) is -0.502. The van der Waals surface area contributed by atoms with Gasteiger partial charge in [0.15, 0.2) is 9.32 Å². The van der Waals surface area contributed by atoms with Gasteiger partial charge < -0.3 is 14.9 Å². The Morgan fingerprint density at radius 1 is 1.53 bits per heavy atom. The van der Waals surface area contributed by atoms with E-state index in [1.807, 2.05) is 0 Å². The zero-order valence-electron chi connectivity index (χ0n) is 7.79. The number of hydrogen-bond donors (Lipinski definition) is 0. The van der Waals surface area contributed by atoms with Crippen LogP contribution in [0.4, 0.5) is 23.4 Å². The van der Waals surface area contributed by atoms with E-state index in [1.165, 1.54) is 22.6 Å². The molecule has 0 unspecified atom stereocenters. The van der Waals surface area contributed by atoms with Gasteiger partial charge in [0.25, 0.3) is 0 Å². The minimum absolute atomic E-state index is 0.500. The molecule has 0 aromatic carbocycles. The number of halogens is 5. The van der Waals surface area contributed by atoms with E-state index in [4.69, 9.17) is 0 Å². The summed E-state index contributed by atoms with van der Waals surface area (Å²) in [4.78, 5) is 12.7. The number of aromatic nitrogens is 1. The monoisotopic (exact) mass is 366 g/mol. The van der Waals surface area contributed by atoms with Gasteiger partial charge >= 0.3 is 12.2 Å².